The smallest absolute Gasteiger partial charge is 0.222 e. The summed E-state index contributed by atoms with van der Waals surface area (Å²) < 4.78 is 29.8. The highest BCUT2D eigenvalue weighted by Crippen LogP contribution is 2.19. The number of nitrogens with zero attached hydrogens (tertiary/aromatic N) is 3. The fourth-order valence-electron chi connectivity index (χ4n) is 3.59. The van der Waals surface area contributed by atoms with E-state index in [2.05, 4.69) is 45.0 Å². The summed E-state index contributed by atoms with van der Waals surface area (Å²) in [5.41, 5.74) is 2.61. The van der Waals surface area contributed by atoms with E-state index in [0.29, 0.717) is 37.4 Å². The number of hydrogen-bond donors (Lipinski definition) is 2. The highest BCUT2D eigenvalue weighted by molar-refractivity contribution is 7.91. The van der Waals surface area contributed by atoms with Gasteiger partial charge in [-0.05, 0) is 38.8 Å². The van der Waals surface area contributed by atoms with E-state index in [1.807, 2.05) is 0 Å². The first-order valence-corrected chi connectivity index (χ1v) is 12.4. The van der Waals surface area contributed by atoms with Crippen LogP contribution in [0.5, 0.6) is 0 Å². The van der Waals surface area contributed by atoms with Gasteiger partial charge in [-0.15, -0.1) is 0 Å². The summed E-state index contributed by atoms with van der Waals surface area (Å²) in [5.74, 6) is 1.07. The maximum Gasteiger partial charge on any atom is 0.222 e. The van der Waals surface area contributed by atoms with Crippen LogP contribution in [-0.2, 0) is 21.1 Å². The standard InChI is InChI=1S/C22H31N5O4S/c1-16-21(17(2)31-26-16)32(29,30)15-23-11-4-5-20(28)27(3)14-10-18-6-8-19(9-7-18)22-24-12-13-25-22/h6-9,23H,4-5,10-15H2,1-3H3,(H,24,25). The number of aryl methyl sites for hydroxylation is 2. The van der Waals surface area contributed by atoms with Crippen LogP contribution in [0, 0.1) is 13.8 Å². The summed E-state index contributed by atoms with van der Waals surface area (Å²) in [5, 5.41) is 9.85. The number of aromatic nitrogens is 1. The monoisotopic (exact) mass is 461 g/mol. The molecule has 0 aliphatic carbocycles. The fourth-order valence-corrected chi connectivity index (χ4v) is 5.11. The van der Waals surface area contributed by atoms with Crippen LogP contribution in [0.4, 0.5) is 0 Å². The third-order valence-corrected chi connectivity index (χ3v) is 7.17. The van der Waals surface area contributed by atoms with Gasteiger partial charge < -0.3 is 20.1 Å². The van der Waals surface area contributed by atoms with Gasteiger partial charge in [0.15, 0.2) is 15.6 Å². The summed E-state index contributed by atoms with van der Waals surface area (Å²) in [4.78, 5) is 18.6. The van der Waals surface area contributed by atoms with E-state index in [9.17, 15) is 13.2 Å². The molecule has 2 aromatic rings. The molecular weight excluding hydrogens is 430 g/mol. The number of amides is 1. The van der Waals surface area contributed by atoms with Crippen LogP contribution in [0.2, 0.25) is 0 Å². The lowest BCUT2D eigenvalue weighted by atomic mass is 10.1. The Bertz CT molecular complexity index is 1040. The summed E-state index contributed by atoms with van der Waals surface area (Å²) in [6.07, 6.45) is 1.69. The maximum absolute atomic E-state index is 12.4. The molecule has 2 heterocycles. The van der Waals surface area contributed by atoms with Gasteiger partial charge in [0.1, 0.15) is 16.6 Å². The van der Waals surface area contributed by atoms with Crippen molar-refractivity contribution in [3.8, 4) is 0 Å². The Morgan fingerprint density at radius 1 is 1.25 bits per heavy atom. The Morgan fingerprint density at radius 2 is 2.00 bits per heavy atom. The molecule has 9 nitrogen and oxygen atoms in total. The highest BCUT2D eigenvalue weighted by Gasteiger charge is 2.23. The van der Waals surface area contributed by atoms with Crippen LogP contribution in [-0.4, -0.2) is 69.3 Å². The van der Waals surface area contributed by atoms with Gasteiger partial charge in [0.2, 0.25) is 5.91 Å². The van der Waals surface area contributed by atoms with Crippen molar-refractivity contribution in [2.24, 2.45) is 4.99 Å². The number of amidine groups is 1. The average Bonchev–Trinajstić information content (AvgIpc) is 3.42. The number of aliphatic imine (C=N–C) groups is 1. The average molecular weight is 462 g/mol. The Morgan fingerprint density at radius 3 is 2.62 bits per heavy atom. The van der Waals surface area contributed by atoms with E-state index in [1.165, 1.54) is 0 Å². The molecule has 0 saturated heterocycles. The van der Waals surface area contributed by atoms with Crippen LogP contribution in [0.3, 0.4) is 0 Å². The van der Waals surface area contributed by atoms with Gasteiger partial charge in [0.05, 0.1) is 12.2 Å². The molecule has 0 fully saturated rings. The number of carbonyl (C=O) groups excluding carboxylic acids is 1. The van der Waals surface area contributed by atoms with E-state index in [0.717, 1.165) is 36.5 Å². The molecule has 1 aromatic carbocycles. The van der Waals surface area contributed by atoms with Gasteiger partial charge in [-0.25, -0.2) is 8.42 Å². The number of likely N-dealkylation sites (N-methyl/N-ethyl adjacent to an activating group) is 1. The lowest BCUT2D eigenvalue weighted by molar-refractivity contribution is -0.129. The van der Waals surface area contributed by atoms with Crippen molar-refractivity contribution in [2.45, 2.75) is 38.0 Å². The quantitative estimate of drug-likeness (QED) is 0.486. The minimum Gasteiger partial charge on any atom is -0.368 e. The number of sulfone groups is 1. The molecule has 1 aliphatic rings. The summed E-state index contributed by atoms with van der Waals surface area (Å²) in [6, 6.07) is 8.24. The van der Waals surface area contributed by atoms with Crippen LogP contribution >= 0.6 is 0 Å². The molecule has 32 heavy (non-hydrogen) atoms. The maximum atomic E-state index is 12.4. The van der Waals surface area contributed by atoms with E-state index in [1.54, 1.807) is 25.8 Å². The summed E-state index contributed by atoms with van der Waals surface area (Å²) >= 11 is 0. The fraction of sp³-hybridized carbons (Fsp3) is 0.500. The number of rotatable bonds is 11. The molecule has 3 rings (SSSR count). The third kappa shape index (κ3) is 6.17. The van der Waals surface area contributed by atoms with E-state index < -0.39 is 9.84 Å². The molecule has 0 bridgehead atoms. The first-order chi connectivity index (χ1) is 15.3. The summed E-state index contributed by atoms with van der Waals surface area (Å²) in [6.45, 7) is 5.95. The lowest BCUT2D eigenvalue weighted by Gasteiger charge is -2.17. The van der Waals surface area contributed by atoms with Crippen LogP contribution in [0.25, 0.3) is 0 Å². The lowest BCUT2D eigenvalue weighted by Crippen LogP contribution is -2.30. The molecule has 1 aromatic heterocycles. The molecule has 0 atom stereocenters. The highest BCUT2D eigenvalue weighted by atomic mass is 32.2. The molecular formula is C22H31N5O4S. The first-order valence-electron chi connectivity index (χ1n) is 10.8. The van der Waals surface area contributed by atoms with Crippen molar-refractivity contribution < 1.29 is 17.7 Å². The van der Waals surface area contributed by atoms with Crippen molar-refractivity contribution in [1.82, 2.24) is 20.7 Å². The number of nitrogens with one attached hydrogen (secondary N) is 2. The normalized spacial score (nSPS) is 13.7. The van der Waals surface area contributed by atoms with Crippen LogP contribution in [0.15, 0.2) is 38.7 Å². The molecule has 0 spiro atoms. The van der Waals surface area contributed by atoms with Crippen LogP contribution < -0.4 is 10.6 Å². The van der Waals surface area contributed by atoms with Crippen molar-refractivity contribution in [2.75, 3.05) is 39.1 Å². The Hall–Kier alpha value is -2.72. The second kappa shape index (κ2) is 10.7. The van der Waals surface area contributed by atoms with E-state index >= 15 is 0 Å². The topological polar surface area (TPSA) is 117 Å². The largest absolute Gasteiger partial charge is 0.368 e. The second-order valence-electron chi connectivity index (χ2n) is 7.94. The van der Waals surface area contributed by atoms with Gasteiger partial charge >= 0.3 is 0 Å². The van der Waals surface area contributed by atoms with Gasteiger partial charge in [-0.1, -0.05) is 29.4 Å². The van der Waals surface area contributed by atoms with Gasteiger partial charge in [0.25, 0.3) is 0 Å². The van der Waals surface area contributed by atoms with Gasteiger partial charge in [0, 0.05) is 32.1 Å². The van der Waals surface area contributed by atoms with Gasteiger partial charge in [-0.2, -0.15) is 0 Å². The molecule has 2 N–H and O–H groups in total. The third-order valence-electron chi connectivity index (χ3n) is 5.38. The molecule has 0 saturated carbocycles. The number of carbonyl (C=O) groups is 1. The molecule has 1 aliphatic heterocycles. The molecule has 1 amide bonds. The predicted molar refractivity (Wildman–Crippen MR) is 122 cm³/mol. The van der Waals surface area contributed by atoms with Crippen molar-refractivity contribution in [3.63, 3.8) is 0 Å². The second-order valence-corrected chi connectivity index (χ2v) is 9.86. The molecule has 10 heteroatoms. The van der Waals surface area contributed by atoms with Gasteiger partial charge in [-0.3, -0.25) is 9.79 Å². The Kier molecular flexibility index (Phi) is 8.03. The zero-order valence-corrected chi connectivity index (χ0v) is 19.7. The summed E-state index contributed by atoms with van der Waals surface area (Å²) in [7, 11) is -1.72. The van der Waals surface area contributed by atoms with Crippen LogP contribution in [0.1, 0.15) is 35.4 Å². The zero-order valence-electron chi connectivity index (χ0n) is 18.8. The Labute approximate surface area is 189 Å². The van der Waals surface area contributed by atoms with Crippen molar-refractivity contribution >= 4 is 21.6 Å². The predicted octanol–water partition coefficient (Wildman–Crippen LogP) is 1.44. The van der Waals surface area contributed by atoms with E-state index in [-0.39, 0.29) is 16.7 Å². The first kappa shape index (κ1) is 23.9. The Balaban J connectivity index is 1.35. The molecule has 0 unspecified atom stereocenters. The molecule has 0 radical (unpaired) electrons. The zero-order chi connectivity index (χ0) is 23.1. The number of hydrogen-bond acceptors (Lipinski definition) is 8. The number of benzene rings is 1. The van der Waals surface area contributed by atoms with Crippen molar-refractivity contribution in [1.29, 1.82) is 0 Å². The molecule has 174 valence electrons. The van der Waals surface area contributed by atoms with Crippen molar-refractivity contribution in [3.05, 3.63) is 46.8 Å². The minimum atomic E-state index is -3.52. The van der Waals surface area contributed by atoms with E-state index in [4.69, 9.17) is 4.52 Å². The SMILES string of the molecule is Cc1noc(C)c1S(=O)(=O)CNCCCC(=O)N(C)CCc1ccc(C2=NCCN2)cc1. The minimum absolute atomic E-state index is 0.0431.